The first-order chi connectivity index (χ1) is 8.66. The minimum absolute atomic E-state index is 0.116. The standard InChI is InChI=1S/C13H16N4O/c1-8-3-2-4-10-12(8)16-13(14)17(10)9-5-6-11(18)15-7-9/h2-4,9H,5-7H2,1H3,(H2,14,16)(H,15,18). The number of carbonyl (C=O) groups excluding carboxylic acids is 1. The normalized spacial score (nSPS) is 20.1. The number of para-hydroxylation sites is 1. The molecule has 1 fully saturated rings. The van der Waals surface area contributed by atoms with Gasteiger partial charge in [0.05, 0.1) is 17.1 Å². The molecule has 1 saturated heterocycles. The van der Waals surface area contributed by atoms with Crippen LogP contribution in [0.3, 0.4) is 0 Å². The Morgan fingerprint density at radius 3 is 3.06 bits per heavy atom. The maximum Gasteiger partial charge on any atom is 0.220 e. The number of amides is 1. The number of nitrogens with one attached hydrogen (secondary N) is 1. The van der Waals surface area contributed by atoms with Crippen LogP contribution in [0, 0.1) is 6.92 Å². The van der Waals surface area contributed by atoms with Gasteiger partial charge in [0.15, 0.2) is 0 Å². The van der Waals surface area contributed by atoms with Crippen LogP contribution in [0.25, 0.3) is 11.0 Å². The highest BCUT2D eigenvalue weighted by atomic mass is 16.1. The average Bonchev–Trinajstić information content (AvgIpc) is 2.69. The van der Waals surface area contributed by atoms with Gasteiger partial charge in [-0.3, -0.25) is 4.79 Å². The third kappa shape index (κ3) is 1.63. The molecule has 1 aromatic heterocycles. The monoisotopic (exact) mass is 244 g/mol. The third-order valence-electron chi connectivity index (χ3n) is 3.55. The zero-order valence-electron chi connectivity index (χ0n) is 10.3. The van der Waals surface area contributed by atoms with E-state index in [1.807, 2.05) is 29.7 Å². The molecular formula is C13H16N4O. The van der Waals surface area contributed by atoms with E-state index in [0.29, 0.717) is 18.9 Å². The van der Waals surface area contributed by atoms with Crippen molar-refractivity contribution in [1.29, 1.82) is 0 Å². The Hall–Kier alpha value is -2.04. The molecule has 0 aliphatic carbocycles. The van der Waals surface area contributed by atoms with Crippen molar-refractivity contribution in [1.82, 2.24) is 14.9 Å². The molecule has 1 amide bonds. The molecule has 3 rings (SSSR count). The highest BCUT2D eigenvalue weighted by Crippen LogP contribution is 2.28. The summed E-state index contributed by atoms with van der Waals surface area (Å²) in [4.78, 5) is 15.6. The fourth-order valence-electron chi connectivity index (χ4n) is 2.60. The molecule has 94 valence electrons. The fraction of sp³-hybridized carbons (Fsp3) is 0.385. The maximum absolute atomic E-state index is 11.2. The molecule has 1 unspecified atom stereocenters. The predicted octanol–water partition coefficient (Wildman–Crippen LogP) is 1.38. The topological polar surface area (TPSA) is 72.9 Å². The SMILES string of the molecule is Cc1cccc2c1nc(N)n2C1CCC(=O)NC1. The molecule has 18 heavy (non-hydrogen) atoms. The van der Waals surface area contributed by atoms with Gasteiger partial charge in [0.25, 0.3) is 0 Å². The van der Waals surface area contributed by atoms with E-state index in [0.717, 1.165) is 23.0 Å². The smallest absolute Gasteiger partial charge is 0.220 e. The Kier molecular flexibility index (Phi) is 2.47. The summed E-state index contributed by atoms with van der Waals surface area (Å²) < 4.78 is 2.04. The zero-order valence-corrected chi connectivity index (χ0v) is 10.3. The molecular weight excluding hydrogens is 228 g/mol. The minimum Gasteiger partial charge on any atom is -0.369 e. The Balaban J connectivity index is 2.08. The number of rotatable bonds is 1. The van der Waals surface area contributed by atoms with Crippen molar-refractivity contribution in [2.24, 2.45) is 0 Å². The Labute approximate surface area is 105 Å². The Morgan fingerprint density at radius 2 is 2.33 bits per heavy atom. The van der Waals surface area contributed by atoms with E-state index in [9.17, 15) is 4.79 Å². The number of benzene rings is 1. The van der Waals surface area contributed by atoms with Crippen molar-refractivity contribution in [3.8, 4) is 0 Å². The number of nitrogens with zero attached hydrogens (tertiary/aromatic N) is 2. The van der Waals surface area contributed by atoms with E-state index >= 15 is 0 Å². The quantitative estimate of drug-likeness (QED) is 0.796. The van der Waals surface area contributed by atoms with Crippen molar-refractivity contribution < 1.29 is 4.79 Å². The molecule has 1 aliphatic heterocycles. The van der Waals surface area contributed by atoms with Gasteiger partial charge in [-0.1, -0.05) is 12.1 Å². The van der Waals surface area contributed by atoms with Gasteiger partial charge in [0, 0.05) is 13.0 Å². The highest BCUT2D eigenvalue weighted by molar-refractivity contribution is 5.82. The lowest BCUT2D eigenvalue weighted by molar-refractivity contribution is -0.122. The van der Waals surface area contributed by atoms with Crippen molar-refractivity contribution >= 4 is 22.9 Å². The summed E-state index contributed by atoms with van der Waals surface area (Å²) in [5.41, 5.74) is 9.15. The molecule has 0 radical (unpaired) electrons. The summed E-state index contributed by atoms with van der Waals surface area (Å²) in [5, 5.41) is 2.88. The molecule has 5 nitrogen and oxygen atoms in total. The number of hydrogen-bond acceptors (Lipinski definition) is 3. The first-order valence-electron chi connectivity index (χ1n) is 6.16. The first kappa shape index (κ1) is 11.1. The number of nitrogens with two attached hydrogens (primary N) is 1. The van der Waals surface area contributed by atoms with E-state index in [1.54, 1.807) is 0 Å². The van der Waals surface area contributed by atoms with Crippen LogP contribution in [0.4, 0.5) is 5.95 Å². The van der Waals surface area contributed by atoms with Gasteiger partial charge in [-0.2, -0.15) is 0 Å². The molecule has 2 heterocycles. The van der Waals surface area contributed by atoms with Crippen molar-refractivity contribution in [3.05, 3.63) is 23.8 Å². The highest BCUT2D eigenvalue weighted by Gasteiger charge is 2.23. The van der Waals surface area contributed by atoms with Crippen LogP contribution in [0.5, 0.6) is 0 Å². The number of aromatic nitrogens is 2. The summed E-state index contributed by atoms with van der Waals surface area (Å²) in [6.45, 7) is 2.66. The maximum atomic E-state index is 11.2. The van der Waals surface area contributed by atoms with E-state index in [1.165, 1.54) is 0 Å². The molecule has 1 aromatic carbocycles. The van der Waals surface area contributed by atoms with E-state index in [4.69, 9.17) is 5.73 Å². The average molecular weight is 244 g/mol. The third-order valence-corrected chi connectivity index (χ3v) is 3.55. The fourth-order valence-corrected chi connectivity index (χ4v) is 2.60. The number of nitrogen functional groups attached to an aromatic ring is 1. The van der Waals surface area contributed by atoms with Gasteiger partial charge in [-0.15, -0.1) is 0 Å². The van der Waals surface area contributed by atoms with Gasteiger partial charge in [-0.25, -0.2) is 4.98 Å². The van der Waals surface area contributed by atoms with Gasteiger partial charge >= 0.3 is 0 Å². The number of imidazole rings is 1. The summed E-state index contributed by atoms with van der Waals surface area (Å²) >= 11 is 0. The number of anilines is 1. The van der Waals surface area contributed by atoms with Crippen LogP contribution in [-0.2, 0) is 4.79 Å². The summed E-state index contributed by atoms with van der Waals surface area (Å²) in [6, 6.07) is 6.27. The summed E-state index contributed by atoms with van der Waals surface area (Å²) in [6.07, 6.45) is 1.37. The number of fused-ring (bicyclic) bond motifs is 1. The Morgan fingerprint density at radius 1 is 1.50 bits per heavy atom. The molecule has 1 atom stereocenters. The van der Waals surface area contributed by atoms with Crippen LogP contribution in [0.15, 0.2) is 18.2 Å². The van der Waals surface area contributed by atoms with Gasteiger partial charge in [0.2, 0.25) is 11.9 Å². The number of aryl methyl sites for hydroxylation is 1. The van der Waals surface area contributed by atoms with Gasteiger partial charge in [-0.05, 0) is 25.0 Å². The lowest BCUT2D eigenvalue weighted by atomic mass is 10.1. The van der Waals surface area contributed by atoms with Gasteiger partial charge < -0.3 is 15.6 Å². The van der Waals surface area contributed by atoms with Crippen molar-refractivity contribution in [3.63, 3.8) is 0 Å². The molecule has 2 aromatic rings. The number of hydrogen-bond donors (Lipinski definition) is 2. The molecule has 0 spiro atoms. The largest absolute Gasteiger partial charge is 0.369 e. The van der Waals surface area contributed by atoms with Gasteiger partial charge in [0.1, 0.15) is 0 Å². The first-order valence-corrected chi connectivity index (χ1v) is 6.16. The predicted molar refractivity (Wildman–Crippen MR) is 70.2 cm³/mol. The number of piperidine rings is 1. The van der Waals surface area contributed by atoms with E-state index in [-0.39, 0.29) is 11.9 Å². The molecule has 0 saturated carbocycles. The number of carbonyl (C=O) groups is 1. The van der Waals surface area contributed by atoms with Crippen LogP contribution in [0.1, 0.15) is 24.4 Å². The second-order valence-electron chi connectivity index (χ2n) is 4.78. The second kappa shape index (κ2) is 4.01. The molecule has 0 bridgehead atoms. The van der Waals surface area contributed by atoms with Crippen molar-refractivity contribution in [2.45, 2.75) is 25.8 Å². The Bertz CT molecular complexity index is 607. The zero-order chi connectivity index (χ0) is 12.7. The second-order valence-corrected chi connectivity index (χ2v) is 4.78. The van der Waals surface area contributed by atoms with Crippen LogP contribution in [-0.4, -0.2) is 22.0 Å². The lowest BCUT2D eigenvalue weighted by Gasteiger charge is -2.25. The molecule has 5 heteroatoms. The van der Waals surface area contributed by atoms with E-state index < -0.39 is 0 Å². The van der Waals surface area contributed by atoms with Crippen LogP contribution in [0.2, 0.25) is 0 Å². The van der Waals surface area contributed by atoms with Crippen molar-refractivity contribution in [2.75, 3.05) is 12.3 Å². The lowest BCUT2D eigenvalue weighted by Crippen LogP contribution is -2.36. The molecule has 1 aliphatic rings. The van der Waals surface area contributed by atoms with Crippen LogP contribution < -0.4 is 11.1 Å². The van der Waals surface area contributed by atoms with Crippen LogP contribution >= 0.6 is 0 Å². The minimum atomic E-state index is 0.116. The summed E-state index contributed by atoms with van der Waals surface area (Å²) in [7, 11) is 0. The molecule has 3 N–H and O–H groups in total. The summed E-state index contributed by atoms with van der Waals surface area (Å²) in [5.74, 6) is 0.644. The van der Waals surface area contributed by atoms with E-state index in [2.05, 4.69) is 10.3 Å².